The quantitative estimate of drug-likeness (QED) is 0.923. The second-order valence-electron chi connectivity index (χ2n) is 3.79. The average molecular weight is 298 g/mol. The molecule has 0 atom stereocenters. The summed E-state index contributed by atoms with van der Waals surface area (Å²) in [5.41, 5.74) is 0.550. The molecule has 4 nitrogen and oxygen atoms in total. The molecule has 0 saturated carbocycles. The first-order chi connectivity index (χ1) is 8.99. The smallest absolute Gasteiger partial charge is 0.341 e. The van der Waals surface area contributed by atoms with E-state index in [1.807, 2.05) is 0 Å². The van der Waals surface area contributed by atoms with Gasteiger partial charge in [-0.15, -0.1) is 0 Å². The molecule has 1 N–H and O–H groups in total. The van der Waals surface area contributed by atoms with Gasteiger partial charge in [0.2, 0.25) is 5.88 Å². The van der Waals surface area contributed by atoms with Gasteiger partial charge in [-0.2, -0.15) is 0 Å². The minimum absolute atomic E-state index is 0.00135. The van der Waals surface area contributed by atoms with Crippen LogP contribution in [0, 0.1) is 6.92 Å². The Morgan fingerprint density at radius 1 is 1.32 bits per heavy atom. The van der Waals surface area contributed by atoms with Crippen LogP contribution in [0.3, 0.4) is 0 Å². The van der Waals surface area contributed by atoms with Crippen LogP contribution in [0.4, 0.5) is 0 Å². The van der Waals surface area contributed by atoms with Gasteiger partial charge >= 0.3 is 5.97 Å². The number of rotatable bonds is 3. The fourth-order valence-electron chi connectivity index (χ4n) is 1.53. The van der Waals surface area contributed by atoms with E-state index in [2.05, 4.69) is 4.98 Å². The zero-order valence-corrected chi connectivity index (χ0v) is 11.4. The summed E-state index contributed by atoms with van der Waals surface area (Å²) in [6.07, 6.45) is 1.47. The molecule has 0 aliphatic rings. The lowest BCUT2D eigenvalue weighted by Gasteiger charge is -2.10. The highest BCUT2D eigenvalue weighted by Crippen LogP contribution is 2.33. The number of carboxylic acid groups (broad SMARTS) is 1. The first-order valence-electron chi connectivity index (χ1n) is 5.31. The predicted molar refractivity (Wildman–Crippen MR) is 72.5 cm³/mol. The molecule has 0 saturated heterocycles. The van der Waals surface area contributed by atoms with Crippen LogP contribution >= 0.6 is 23.2 Å². The number of hydrogen-bond acceptors (Lipinski definition) is 3. The van der Waals surface area contributed by atoms with Crippen molar-refractivity contribution in [3.63, 3.8) is 0 Å². The van der Waals surface area contributed by atoms with Crippen LogP contribution in [0.25, 0.3) is 0 Å². The van der Waals surface area contributed by atoms with Crippen LogP contribution in [0.1, 0.15) is 15.9 Å². The molecule has 0 aliphatic heterocycles. The molecule has 0 amide bonds. The third kappa shape index (κ3) is 2.97. The van der Waals surface area contributed by atoms with Gasteiger partial charge in [0.1, 0.15) is 11.3 Å². The fourth-order valence-corrected chi connectivity index (χ4v) is 1.85. The summed E-state index contributed by atoms with van der Waals surface area (Å²) in [5, 5.41) is 9.93. The summed E-state index contributed by atoms with van der Waals surface area (Å²) in [5.74, 6) is -0.870. The molecule has 0 aliphatic carbocycles. The average Bonchev–Trinajstić information content (AvgIpc) is 2.33. The Hall–Kier alpha value is -1.78. The van der Waals surface area contributed by atoms with Gasteiger partial charge in [-0.05, 0) is 30.7 Å². The standard InChI is InChI=1S/C13H9Cl2NO3/c1-7-4-5-16-12(11(7)13(17)18)19-10-6-8(14)2-3-9(10)15/h2-6H,1H3,(H,17,18). The number of benzene rings is 1. The van der Waals surface area contributed by atoms with Crippen molar-refractivity contribution in [3.05, 3.63) is 51.6 Å². The van der Waals surface area contributed by atoms with Crippen molar-refractivity contribution < 1.29 is 14.6 Å². The summed E-state index contributed by atoms with van der Waals surface area (Å²) in [6, 6.07) is 6.27. The van der Waals surface area contributed by atoms with E-state index in [9.17, 15) is 4.79 Å². The third-order valence-electron chi connectivity index (χ3n) is 2.44. The molecule has 19 heavy (non-hydrogen) atoms. The molecule has 2 rings (SSSR count). The molecule has 0 spiro atoms. The summed E-state index contributed by atoms with van der Waals surface area (Å²) in [6.45, 7) is 1.66. The van der Waals surface area contributed by atoms with Crippen LogP contribution in [-0.2, 0) is 0 Å². The number of ether oxygens (including phenoxy) is 1. The van der Waals surface area contributed by atoms with E-state index in [0.29, 0.717) is 15.6 Å². The number of halogens is 2. The summed E-state index contributed by atoms with van der Waals surface area (Å²) >= 11 is 11.8. The van der Waals surface area contributed by atoms with Crippen molar-refractivity contribution in [2.45, 2.75) is 6.92 Å². The van der Waals surface area contributed by atoms with Crippen molar-refractivity contribution in [2.24, 2.45) is 0 Å². The van der Waals surface area contributed by atoms with Crippen molar-refractivity contribution in [3.8, 4) is 11.6 Å². The zero-order chi connectivity index (χ0) is 14.0. The van der Waals surface area contributed by atoms with Gasteiger partial charge in [-0.1, -0.05) is 23.2 Å². The number of aromatic carboxylic acids is 1. The highest BCUT2D eigenvalue weighted by molar-refractivity contribution is 6.34. The second-order valence-corrected chi connectivity index (χ2v) is 4.63. The van der Waals surface area contributed by atoms with Gasteiger partial charge in [-0.25, -0.2) is 9.78 Å². The summed E-state index contributed by atoms with van der Waals surface area (Å²) in [4.78, 5) is 15.1. The number of nitrogens with zero attached hydrogens (tertiary/aromatic N) is 1. The molecule has 0 unspecified atom stereocenters. The molecular weight excluding hydrogens is 289 g/mol. The lowest BCUT2D eigenvalue weighted by molar-refractivity contribution is 0.0692. The SMILES string of the molecule is Cc1ccnc(Oc2cc(Cl)ccc2Cl)c1C(=O)O. The summed E-state index contributed by atoms with van der Waals surface area (Å²) < 4.78 is 5.45. The molecule has 0 radical (unpaired) electrons. The van der Waals surface area contributed by atoms with Crippen molar-refractivity contribution in [2.75, 3.05) is 0 Å². The summed E-state index contributed by atoms with van der Waals surface area (Å²) in [7, 11) is 0. The first-order valence-corrected chi connectivity index (χ1v) is 6.06. The Labute approximate surface area is 119 Å². The van der Waals surface area contributed by atoms with E-state index >= 15 is 0 Å². The monoisotopic (exact) mass is 297 g/mol. The Kier molecular flexibility index (Phi) is 3.93. The largest absolute Gasteiger partial charge is 0.477 e. The molecule has 0 bridgehead atoms. The lowest BCUT2D eigenvalue weighted by atomic mass is 10.1. The van der Waals surface area contributed by atoms with E-state index in [0.717, 1.165) is 0 Å². The maximum Gasteiger partial charge on any atom is 0.341 e. The normalized spacial score (nSPS) is 10.3. The van der Waals surface area contributed by atoms with Crippen LogP contribution in [0.2, 0.25) is 10.0 Å². The van der Waals surface area contributed by atoms with E-state index in [1.54, 1.807) is 25.1 Å². The van der Waals surface area contributed by atoms with Gasteiger partial charge in [0, 0.05) is 17.3 Å². The zero-order valence-electron chi connectivity index (χ0n) is 9.85. The molecule has 1 aromatic carbocycles. The molecular formula is C13H9Cl2NO3. The number of aromatic nitrogens is 1. The van der Waals surface area contributed by atoms with Crippen molar-refractivity contribution >= 4 is 29.2 Å². The van der Waals surface area contributed by atoms with Crippen LogP contribution in [0.5, 0.6) is 11.6 Å². The van der Waals surface area contributed by atoms with Gasteiger partial charge in [-0.3, -0.25) is 0 Å². The molecule has 1 aromatic heterocycles. The van der Waals surface area contributed by atoms with Gasteiger partial charge in [0.05, 0.1) is 5.02 Å². The van der Waals surface area contributed by atoms with Crippen molar-refractivity contribution in [1.29, 1.82) is 0 Å². The number of aryl methyl sites for hydroxylation is 1. The number of hydrogen-bond donors (Lipinski definition) is 1. The second kappa shape index (κ2) is 5.47. The van der Waals surface area contributed by atoms with Gasteiger partial charge < -0.3 is 9.84 Å². The van der Waals surface area contributed by atoms with Crippen LogP contribution < -0.4 is 4.74 Å². The molecule has 1 heterocycles. The lowest BCUT2D eigenvalue weighted by Crippen LogP contribution is -2.04. The number of carbonyl (C=O) groups is 1. The number of carboxylic acids is 1. The van der Waals surface area contributed by atoms with Crippen LogP contribution in [-0.4, -0.2) is 16.1 Å². The van der Waals surface area contributed by atoms with E-state index in [4.69, 9.17) is 33.0 Å². The van der Waals surface area contributed by atoms with E-state index in [-0.39, 0.29) is 17.2 Å². The third-order valence-corrected chi connectivity index (χ3v) is 2.99. The first kappa shape index (κ1) is 13.6. The van der Waals surface area contributed by atoms with E-state index in [1.165, 1.54) is 12.3 Å². The highest BCUT2D eigenvalue weighted by Gasteiger charge is 2.17. The van der Waals surface area contributed by atoms with Gasteiger partial charge in [0.15, 0.2) is 0 Å². The Morgan fingerprint density at radius 3 is 2.74 bits per heavy atom. The molecule has 98 valence electrons. The highest BCUT2D eigenvalue weighted by atomic mass is 35.5. The Balaban J connectivity index is 2.46. The van der Waals surface area contributed by atoms with Crippen molar-refractivity contribution in [1.82, 2.24) is 4.98 Å². The fraction of sp³-hybridized carbons (Fsp3) is 0.0769. The molecule has 2 aromatic rings. The molecule has 0 fully saturated rings. The predicted octanol–water partition coefficient (Wildman–Crippen LogP) is 4.19. The topological polar surface area (TPSA) is 59.4 Å². The Morgan fingerprint density at radius 2 is 2.05 bits per heavy atom. The maximum absolute atomic E-state index is 11.2. The molecule has 6 heteroatoms. The minimum atomic E-state index is -1.11. The van der Waals surface area contributed by atoms with Crippen LogP contribution in [0.15, 0.2) is 30.5 Å². The maximum atomic E-state index is 11.2. The minimum Gasteiger partial charge on any atom is -0.477 e. The Bertz CT molecular complexity index is 644. The van der Waals surface area contributed by atoms with E-state index < -0.39 is 5.97 Å². The van der Waals surface area contributed by atoms with Gasteiger partial charge in [0.25, 0.3) is 0 Å². The number of pyridine rings is 1.